The van der Waals surface area contributed by atoms with Crippen LogP contribution in [0, 0.1) is 13.8 Å². The molecule has 2 heterocycles. The summed E-state index contributed by atoms with van der Waals surface area (Å²) in [7, 11) is 0. The maximum atomic E-state index is 12.4. The Kier molecular flexibility index (Phi) is 3.57. The van der Waals surface area contributed by atoms with Crippen molar-refractivity contribution in [1.29, 1.82) is 0 Å². The molecular formula is C15H16N4OS. The standard InChI is InChI=1S/C15H16N4OS/c1-9-6-10(2)14-12(7-9)18-15(19-14)21(20)8-11-4-3-5-13(16)17-11/h3-7H,8H2,1-2H3,(H2,16,17)(H,18,19). The van der Waals surface area contributed by atoms with Gasteiger partial charge >= 0.3 is 5.16 Å². The zero-order valence-corrected chi connectivity index (χ0v) is 12.7. The van der Waals surface area contributed by atoms with Crippen molar-refractivity contribution >= 4 is 28.0 Å². The Morgan fingerprint density at radius 1 is 1.24 bits per heavy atom. The number of nitrogens with zero attached hydrogens (tertiary/aromatic N) is 2. The van der Waals surface area contributed by atoms with Gasteiger partial charge in [-0.15, -0.1) is 0 Å². The van der Waals surface area contributed by atoms with Gasteiger partial charge in [0.25, 0.3) is 0 Å². The molecule has 0 fully saturated rings. The molecule has 5 nitrogen and oxygen atoms in total. The van der Waals surface area contributed by atoms with E-state index in [1.807, 2.05) is 26.0 Å². The van der Waals surface area contributed by atoms with Crippen molar-refractivity contribution in [1.82, 2.24) is 15.0 Å². The minimum atomic E-state index is -1.27. The summed E-state index contributed by atoms with van der Waals surface area (Å²) >= 11 is -1.27. The van der Waals surface area contributed by atoms with Crippen molar-refractivity contribution in [3.8, 4) is 0 Å². The molecule has 0 aliphatic heterocycles. The second-order valence-corrected chi connectivity index (χ2v) is 6.43. The monoisotopic (exact) mass is 300 g/mol. The molecule has 3 rings (SSSR count). The van der Waals surface area contributed by atoms with Crippen LogP contribution in [0.5, 0.6) is 0 Å². The lowest BCUT2D eigenvalue weighted by molar-refractivity contribution is 0.587. The Balaban J connectivity index is 1.91. The molecule has 0 saturated carbocycles. The molecule has 0 aliphatic rings. The van der Waals surface area contributed by atoms with E-state index in [1.54, 1.807) is 12.1 Å². The highest BCUT2D eigenvalue weighted by atomic mass is 32.2. The molecule has 21 heavy (non-hydrogen) atoms. The lowest BCUT2D eigenvalue weighted by atomic mass is 10.1. The highest BCUT2D eigenvalue weighted by Gasteiger charge is 2.19. The number of aromatic amines is 1. The fourth-order valence-corrected chi connectivity index (χ4v) is 3.32. The van der Waals surface area contributed by atoms with Crippen LogP contribution in [0.4, 0.5) is 5.82 Å². The number of pyridine rings is 1. The molecule has 3 N–H and O–H groups in total. The van der Waals surface area contributed by atoms with Crippen LogP contribution < -0.4 is 5.73 Å². The van der Waals surface area contributed by atoms with Gasteiger partial charge in [-0.3, -0.25) is 4.98 Å². The Bertz CT molecular complexity index is 799. The lowest BCUT2D eigenvalue weighted by Crippen LogP contribution is -2.08. The molecule has 1 unspecified atom stereocenters. The third-order valence-electron chi connectivity index (χ3n) is 3.22. The summed E-state index contributed by atoms with van der Waals surface area (Å²) in [5, 5.41) is 0.475. The number of benzene rings is 1. The number of fused-ring (bicyclic) bond motifs is 1. The third-order valence-corrected chi connectivity index (χ3v) is 4.41. The molecule has 2 aromatic heterocycles. The van der Waals surface area contributed by atoms with Crippen molar-refractivity contribution in [2.24, 2.45) is 0 Å². The summed E-state index contributed by atoms with van der Waals surface area (Å²) in [6.45, 7) is 4.03. The van der Waals surface area contributed by atoms with E-state index >= 15 is 0 Å². The number of aryl methyl sites for hydroxylation is 2. The van der Waals surface area contributed by atoms with E-state index in [2.05, 4.69) is 21.0 Å². The number of H-pyrrole nitrogens is 1. The van der Waals surface area contributed by atoms with Crippen LogP contribution in [0.15, 0.2) is 35.5 Å². The maximum absolute atomic E-state index is 12.4. The molecule has 0 aliphatic carbocycles. The number of nitrogens with one attached hydrogen (secondary N) is 1. The van der Waals surface area contributed by atoms with Crippen molar-refractivity contribution in [2.75, 3.05) is 5.73 Å². The first-order valence-corrected chi connectivity index (χ1v) is 7.91. The summed E-state index contributed by atoms with van der Waals surface area (Å²) in [5.74, 6) is 0.726. The number of hydrogen-bond donors (Lipinski definition) is 2. The highest BCUT2D eigenvalue weighted by molar-refractivity contribution is 7.90. The molecule has 0 amide bonds. The Hall–Kier alpha value is -2.05. The number of anilines is 1. The number of aromatic nitrogens is 3. The first kappa shape index (κ1) is 13.9. The minimum Gasteiger partial charge on any atom is -0.609 e. The molecule has 0 spiro atoms. The molecule has 3 aromatic rings. The molecule has 1 atom stereocenters. The molecule has 0 bridgehead atoms. The van der Waals surface area contributed by atoms with Crippen LogP contribution in [0.3, 0.4) is 0 Å². The van der Waals surface area contributed by atoms with Crippen LogP contribution in [0.2, 0.25) is 0 Å². The van der Waals surface area contributed by atoms with Crippen molar-refractivity contribution in [3.05, 3.63) is 47.2 Å². The molecule has 0 saturated heterocycles. The fourth-order valence-electron chi connectivity index (χ4n) is 2.34. The van der Waals surface area contributed by atoms with E-state index in [1.165, 1.54) is 0 Å². The molecule has 1 aromatic carbocycles. The van der Waals surface area contributed by atoms with Gasteiger partial charge in [0, 0.05) is 11.2 Å². The van der Waals surface area contributed by atoms with Crippen molar-refractivity contribution in [3.63, 3.8) is 0 Å². The summed E-state index contributed by atoms with van der Waals surface area (Å²) in [6, 6.07) is 9.40. The lowest BCUT2D eigenvalue weighted by Gasteiger charge is -2.06. The topological polar surface area (TPSA) is 90.7 Å². The zero-order chi connectivity index (χ0) is 15.0. The smallest absolute Gasteiger partial charge is 0.322 e. The zero-order valence-electron chi connectivity index (χ0n) is 11.9. The Morgan fingerprint density at radius 3 is 2.81 bits per heavy atom. The normalized spacial score (nSPS) is 12.7. The second-order valence-electron chi connectivity index (χ2n) is 5.06. The van der Waals surface area contributed by atoms with Crippen LogP contribution >= 0.6 is 0 Å². The molecule has 108 valence electrons. The Morgan fingerprint density at radius 2 is 2.05 bits per heavy atom. The van der Waals surface area contributed by atoms with Gasteiger partial charge in [0.05, 0.1) is 16.7 Å². The van der Waals surface area contributed by atoms with E-state index in [4.69, 9.17) is 5.73 Å². The summed E-state index contributed by atoms with van der Waals surface area (Å²) < 4.78 is 12.4. The van der Waals surface area contributed by atoms with Crippen LogP contribution in [-0.2, 0) is 16.9 Å². The molecule has 6 heteroatoms. The average Bonchev–Trinajstić information content (AvgIpc) is 2.83. The van der Waals surface area contributed by atoms with Gasteiger partial charge < -0.3 is 10.3 Å². The Labute approximate surface area is 125 Å². The molecule has 0 radical (unpaired) electrons. The van der Waals surface area contributed by atoms with Gasteiger partial charge in [0.2, 0.25) is 0 Å². The third kappa shape index (κ3) is 2.86. The number of hydrogen-bond acceptors (Lipinski definition) is 4. The van der Waals surface area contributed by atoms with Gasteiger partial charge in [-0.25, -0.2) is 4.98 Å². The SMILES string of the molecule is Cc1cc(C)c2nc([S+]([O-])Cc3cccc(N)n3)[nH]c2c1. The largest absolute Gasteiger partial charge is 0.609 e. The van der Waals surface area contributed by atoms with Gasteiger partial charge in [-0.2, -0.15) is 4.98 Å². The van der Waals surface area contributed by atoms with Gasteiger partial charge in [0.1, 0.15) is 5.82 Å². The van der Waals surface area contributed by atoms with E-state index in [9.17, 15) is 4.55 Å². The predicted molar refractivity (Wildman–Crippen MR) is 84.3 cm³/mol. The second kappa shape index (κ2) is 5.38. The van der Waals surface area contributed by atoms with E-state index in [0.29, 0.717) is 22.4 Å². The highest BCUT2D eigenvalue weighted by Crippen LogP contribution is 2.22. The molecular weight excluding hydrogens is 284 g/mol. The number of imidazole rings is 1. The van der Waals surface area contributed by atoms with Gasteiger partial charge in [-0.1, -0.05) is 12.1 Å². The van der Waals surface area contributed by atoms with Gasteiger partial charge in [-0.05, 0) is 43.2 Å². The number of nitrogen functional groups attached to an aromatic ring is 1. The quantitative estimate of drug-likeness (QED) is 0.727. The van der Waals surface area contributed by atoms with Crippen molar-refractivity contribution in [2.45, 2.75) is 24.8 Å². The summed E-state index contributed by atoms with van der Waals surface area (Å²) in [4.78, 5) is 11.8. The van der Waals surface area contributed by atoms with E-state index < -0.39 is 11.2 Å². The number of rotatable bonds is 3. The van der Waals surface area contributed by atoms with Gasteiger partial charge in [0.15, 0.2) is 5.75 Å². The predicted octanol–water partition coefficient (Wildman–Crippen LogP) is 2.46. The summed E-state index contributed by atoms with van der Waals surface area (Å²) in [6.07, 6.45) is 0. The average molecular weight is 300 g/mol. The first-order chi connectivity index (χ1) is 10.0. The van der Waals surface area contributed by atoms with Crippen LogP contribution in [0.25, 0.3) is 11.0 Å². The van der Waals surface area contributed by atoms with E-state index in [0.717, 1.165) is 22.2 Å². The minimum absolute atomic E-state index is 0.295. The first-order valence-electron chi connectivity index (χ1n) is 6.59. The van der Waals surface area contributed by atoms with Crippen LogP contribution in [0.1, 0.15) is 16.8 Å². The van der Waals surface area contributed by atoms with Crippen molar-refractivity contribution < 1.29 is 4.55 Å². The number of nitrogens with two attached hydrogens (primary N) is 1. The summed E-state index contributed by atoms with van der Waals surface area (Å²) in [5.41, 5.74) is 10.3. The van der Waals surface area contributed by atoms with Crippen LogP contribution in [-0.4, -0.2) is 19.5 Å². The van der Waals surface area contributed by atoms with E-state index in [-0.39, 0.29) is 0 Å². The fraction of sp³-hybridized carbons (Fsp3) is 0.200. The maximum Gasteiger partial charge on any atom is 0.322 e.